The molecule has 2 bridgehead atoms. The van der Waals surface area contributed by atoms with Gasteiger partial charge in [0.05, 0.1) is 5.56 Å². The quantitative estimate of drug-likeness (QED) is 0.464. The first-order valence-electron chi connectivity index (χ1n) is 13.2. The molecule has 0 aromatic heterocycles. The summed E-state index contributed by atoms with van der Waals surface area (Å²) in [6, 6.07) is 11.9. The van der Waals surface area contributed by atoms with Crippen LogP contribution < -0.4 is 10.2 Å². The van der Waals surface area contributed by atoms with E-state index >= 15 is 0 Å². The highest BCUT2D eigenvalue weighted by Gasteiger charge is 2.52. The van der Waals surface area contributed by atoms with E-state index in [1.165, 1.54) is 55.0 Å². The Balaban J connectivity index is 1.50. The Kier molecular flexibility index (Phi) is 6.75. The van der Waals surface area contributed by atoms with Crippen molar-refractivity contribution >= 4 is 17.7 Å². The maximum absolute atomic E-state index is 13.5. The lowest BCUT2D eigenvalue weighted by Gasteiger charge is -2.56. The summed E-state index contributed by atoms with van der Waals surface area (Å²) in [4.78, 5) is 15.4. The van der Waals surface area contributed by atoms with Crippen LogP contribution in [-0.4, -0.2) is 25.0 Å². The van der Waals surface area contributed by atoms with E-state index in [9.17, 15) is 18.0 Å². The molecule has 5 rings (SSSR count). The van der Waals surface area contributed by atoms with Gasteiger partial charge in [0.1, 0.15) is 0 Å². The SMILES string of the molecule is CC(C)CN(C(=O)C=Cc1cccc(C(F)(F)F)c1)c1cccc2c1C[C@H]1NCC[C@@]23CCCC[C@@H]13. The number of hydrogen-bond acceptors (Lipinski definition) is 2. The molecule has 3 atom stereocenters. The molecule has 2 aromatic carbocycles. The van der Waals surface area contributed by atoms with E-state index in [0.717, 1.165) is 37.2 Å². The zero-order valence-corrected chi connectivity index (χ0v) is 21.1. The van der Waals surface area contributed by atoms with Crippen LogP contribution in [-0.2, 0) is 22.8 Å². The standard InChI is InChI=1S/C30H35F3N2O/c1-20(2)19-35(28(36)13-12-21-7-5-8-22(17-21)30(31,32)33)27-11-6-10-24-23(27)18-26-25-9-3-4-14-29(24,25)15-16-34-26/h5-8,10-13,17,20,25-26,34H,3-4,9,14-16,18-19H2,1-2H3/t25-,26+,29-/m0/s1. The maximum Gasteiger partial charge on any atom is 0.416 e. The highest BCUT2D eigenvalue weighted by molar-refractivity contribution is 6.04. The van der Waals surface area contributed by atoms with Crippen LogP contribution in [0.4, 0.5) is 18.9 Å². The van der Waals surface area contributed by atoms with E-state index in [1.54, 1.807) is 6.07 Å². The predicted octanol–water partition coefficient (Wildman–Crippen LogP) is 6.75. The Morgan fingerprint density at radius 2 is 1.97 bits per heavy atom. The van der Waals surface area contributed by atoms with Crippen molar-refractivity contribution in [3.05, 3.63) is 70.8 Å². The van der Waals surface area contributed by atoms with E-state index in [1.807, 2.05) is 11.0 Å². The second-order valence-electron chi connectivity index (χ2n) is 11.1. The summed E-state index contributed by atoms with van der Waals surface area (Å²) in [5.41, 5.74) is 3.49. The Morgan fingerprint density at radius 3 is 2.75 bits per heavy atom. The minimum Gasteiger partial charge on any atom is -0.313 e. The summed E-state index contributed by atoms with van der Waals surface area (Å²) in [5.74, 6) is 0.697. The molecular formula is C30H35F3N2O. The fraction of sp³-hybridized carbons (Fsp3) is 0.500. The number of rotatable bonds is 5. The zero-order valence-electron chi connectivity index (χ0n) is 21.1. The smallest absolute Gasteiger partial charge is 0.313 e. The number of carbonyl (C=O) groups is 1. The van der Waals surface area contributed by atoms with Gasteiger partial charge >= 0.3 is 6.18 Å². The Morgan fingerprint density at radius 1 is 1.17 bits per heavy atom. The molecule has 0 radical (unpaired) electrons. The van der Waals surface area contributed by atoms with Gasteiger partial charge in [-0.1, -0.05) is 51.0 Å². The van der Waals surface area contributed by atoms with Crippen LogP contribution in [0, 0.1) is 11.8 Å². The van der Waals surface area contributed by atoms with Gasteiger partial charge in [-0.3, -0.25) is 4.79 Å². The summed E-state index contributed by atoms with van der Waals surface area (Å²) in [7, 11) is 0. The van der Waals surface area contributed by atoms with Crippen molar-refractivity contribution in [3.8, 4) is 0 Å². The highest BCUT2D eigenvalue weighted by atomic mass is 19.4. The molecule has 1 amide bonds. The molecule has 0 unspecified atom stereocenters. The third kappa shape index (κ3) is 4.60. The van der Waals surface area contributed by atoms with Crippen LogP contribution in [0.2, 0.25) is 0 Å². The normalized spacial score (nSPS) is 25.5. The molecule has 1 heterocycles. The molecule has 0 spiro atoms. The van der Waals surface area contributed by atoms with Crippen LogP contribution in [0.25, 0.3) is 6.08 Å². The number of alkyl halides is 3. The second kappa shape index (κ2) is 9.70. The third-order valence-electron chi connectivity index (χ3n) is 8.41. The van der Waals surface area contributed by atoms with Crippen molar-refractivity contribution < 1.29 is 18.0 Å². The molecule has 2 aliphatic carbocycles. The van der Waals surface area contributed by atoms with E-state index in [4.69, 9.17) is 0 Å². The van der Waals surface area contributed by atoms with Crippen molar-refractivity contribution in [1.82, 2.24) is 5.32 Å². The number of benzene rings is 2. The molecule has 1 saturated carbocycles. The Hall–Kier alpha value is -2.60. The predicted molar refractivity (Wildman–Crippen MR) is 138 cm³/mol. The minimum atomic E-state index is -4.41. The lowest BCUT2D eigenvalue weighted by atomic mass is 9.52. The van der Waals surface area contributed by atoms with Crippen LogP contribution in [0.15, 0.2) is 48.5 Å². The topological polar surface area (TPSA) is 32.3 Å². The first-order valence-corrected chi connectivity index (χ1v) is 13.2. The van der Waals surface area contributed by atoms with Crippen molar-refractivity contribution in [2.75, 3.05) is 18.0 Å². The molecule has 36 heavy (non-hydrogen) atoms. The number of nitrogens with one attached hydrogen (secondary N) is 1. The number of nitrogens with zero attached hydrogens (tertiary/aromatic N) is 1. The molecule has 3 aliphatic rings. The van der Waals surface area contributed by atoms with Crippen LogP contribution in [0.3, 0.4) is 0 Å². The third-order valence-corrected chi connectivity index (χ3v) is 8.41. The lowest BCUT2D eigenvalue weighted by Crippen LogP contribution is -2.59. The number of hydrogen-bond donors (Lipinski definition) is 1. The molecule has 2 fully saturated rings. The van der Waals surface area contributed by atoms with Gasteiger partial charge in [-0.2, -0.15) is 13.2 Å². The Bertz CT molecular complexity index is 1150. The molecule has 1 N–H and O–H groups in total. The molecule has 192 valence electrons. The molecule has 1 saturated heterocycles. The van der Waals surface area contributed by atoms with Crippen LogP contribution in [0.5, 0.6) is 0 Å². The molecule has 1 aliphatic heterocycles. The highest BCUT2D eigenvalue weighted by Crippen LogP contribution is 2.55. The summed E-state index contributed by atoms with van der Waals surface area (Å²) in [6.45, 7) is 5.76. The number of anilines is 1. The summed E-state index contributed by atoms with van der Waals surface area (Å²) in [6.07, 6.45) is 5.56. The van der Waals surface area contributed by atoms with E-state index in [2.05, 4.69) is 31.3 Å². The summed E-state index contributed by atoms with van der Waals surface area (Å²) < 4.78 is 39.4. The van der Waals surface area contributed by atoms with Gasteiger partial charge in [-0.25, -0.2) is 0 Å². The largest absolute Gasteiger partial charge is 0.416 e. The summed E-state index contributed by atoms with van der Waals surface area (Å²) >= 11 is 0. The van der Waals surface area contributed by atoms with Gasteiger partial charge in [-0.15, -0.1) is 0 Å². The minimum absolute atomic E-state index is 0.193. The van der Waals surface area contributed by atoms with Gasteiger partial charge < -0.3 is 10.2 Å². The summed E-state index contributed by atoms with van der Waals surface area (Å²) in [5, 5.41) is 3.78. The number of halogens is 3. The number of carbonyl (C=O) groups excluding carboxylic acids is 1. The monoisotopic (exact) mass is 496 g/mol. The van der Waals surface area contributed by atoms with Crippen molar-refractivity contribution in [3.63, 3.8) is 0 Å². The fourth-order valence-electron chi connectivity index (χ4n) is 6.95. The van der Waals surface area contributed by atoms with E-state index in [-0.39, 0.29) is 17.2 Å². The first kappa shape index (κ1) is 25.1. The van der Waals surface area contributed by atoms with Gasteiger partial charge in [0.2, 0.25) is 0 Å². The number of amides is 1. The Labute approximate surface area is 211 Å². The van der Waals surface area contributed by atoms with Crippen molar-refractivity contribution in [2.45, 2.75) is 70.0 Å². The fourth-order valence-corrected chi connectivity index (χ4v) is 6.95. The van der Waals surface area contributed by atoms with Crippen molar-refractivity contribution in [2.24, 2.45) is 11.8 Å². The molecule has 2 aromatic rings. The molecular weight excluding hydrogens is 461 g/mol. The molecule has 3 nitrogen and oxygen atoms in total. The maximum atomic E-state index is 13.5. The van der Waals surface area contributed by atoms with Crippen LogP contribution >= 0.6 is 0 Å². The first-order chi connectivity index (χ1) is 17.2. The van der Waals surface area contributed by atoms with Gasteiger partial charge in [0.25, 0.3) is 5.91 Å². The second-order valence-corrected chi connectivity index (χ2v) is 11.1. The lowest BCUT2D eigenvalue weighted by molar-refractivity contribution is -0.137. The van der Waals surface area contributed by atoms with Gasteiger partial charge in [0.15, 0.2) is 0 Å². The van der Waals surface area contributed by atoms with Crippen LogP contribution in [0.1, 0.15) is 68.2 Å². The van der Waals surface area contributed by atoms with Crippen molar-refractivity contribution in [1.29, 1.82) is 0 Å². The van der Waals surface area contributed by atoms with Gasteiger partial charge in [0, 0.05) is 29.8 Å². The average molecular weight is 497 g/mol. The zero-order chi connectivity index (χ0) is 25.5. The number of fused-ring (bicyclic) bond motifs is 1. The molecule has 6 heteroatoms. The van der Waals surface area contributed by atoms with Gasteiger partial charge in [-0.05, 0) is 85.0 Å². The van der Waals surface area contributed by atoms with E-state index < -0.39 is 11.7 Å². The van der Waals surface area contributed by atoms with E-state index in [0.29, 0.717) is 24.1 Å². The average Bonchev–Trinajstić information content (AvgIpc) is 2.85. The number of piperidine rings is 1.